The van der Waals surface area contributed by atoms with Gasteiger partial charge in [-0.05, 0) is 19.1 Å². The molecule has 1 aromatic rings. The van der Waals surface area contributed by atoms with Crippen LogP contribution in [0.5, 0.6) is 0 Å². The van der Waals surface area contributed by atoms with Crippen molar-refractivity contribution < 1.29 is 12.6 Å². The molecule has 0 aliphatic rings. The highest BCUT2D eigenvalue weighted by atomic mass is 32.2. The molecule has 1 unspecified atom stereocenters. The number of rotatable bonds is 3. The van der Waals surface area contributed by atoms with Crippen molar-refractivity contribution in [1.82, 2.24) is 4.98 Å². The molecule has 1 aromatic heterocycles. The van der Waals surface area contributed by atoms with Gasteiger partial charge < -0.3 is 0 Å². The van der Waals surface area contributed by atoms with Crippen LogP contribution < -0.4 is 0 Å². The molecule has 0 amide bonds. The van der Waals surface area contributed by atoms with E-state index in [-0.39, 0.29) is 0 Å². The van der Waals surface area contributed by atoms with Crippen LogP contribution in [-0.2, 0) is 15.2 Å². The van der Waals surface area contributed by atoms with Crippen molar-refractivity contribution in [2.75, 3.05) is 0 Å². The van der Waals surface area contributed by atoms with Gasteiger partial charge in [-0.15, -0.1) is 0 Å². The minimum absolute atomic E-state index is 0.507. The van der Waals surface area contributed by atoms with E-state index in [0.717, 1.165) is 0 Å². The Kier molecular flexibility index (Phi) is 3.19. The van der Waals surface area contributed by atoms with E-state index < -0.39 is 17.1 Å². The molecule has 12 heavy (non-hydrogen) atoms. The zero-order valence-corrected chi connectivity index (χ0v) is 7.40. The second-order valence-electron chi connectivity index (χ2n) is 2.23. The van der Waals surface area contributed by atoms with Crippen LogP contribution >= 0.6 is 0 Å². The first-order valence-corrected chi connectivity index (χ1v) is 4.52. The smallest absolute Gasteiger partial charge is 0.257 e. The fraction of sp³-hybridized carbons (Fsp3) is 0.286. The van der Waals surface area contributed by atoms with Gasteiger partial charge in [0.2, 0.25) is 0 Å². The van der Waals surface area contributed by atoms with Crippen molar-refractivity contribution in [1.29, 1.82) is 0 Å². The van der Waals surface area contributed by atoms with Crippen molar-refractivity contribution in [3.63, 3.8) is 0 Å². The Bertz CT molecular complexity index is 302. The molecule has 66 valence electrons. The molecule has 4 nitrogen and oxygen atoms in total. The molecule has 5 heteroatoms. The van der Waals surface area contributed by atoms with Gasteiger partial charge in [0, 0.05) is 6.20 Å². The molecule has 1 rings (SSSR count). The van der Waals surface area contributed by atoms with Crippen molar-refractivity contribution in [2.45, 2.75) is 13.0 Å². The Morgan fingerprint density at radius 3 is 2.75 bits per heavy atom. The van der Waals surface area contributed by atoms with Crippen LogP contribution in [0, 0.1) is 0 Å². The van der Waals surface area contributed by atoms with E-state index in [9.17, 15) is 8.42 Å². The van der Waals surface area contributed by atoms with Crippen LogP contribution in [0.4, 0.5) is 0 Å². The first-order valence-electron chi connectivity index (χ1n) is 3.42. The first-order chi connectivity index (χ1) is 5.70. The number of hydrogen-bond donors (Lipinski definition) is 1. The van der Waals surface area contributed by atoms with Crippen LogP contribution in [0.2, 0.25) is 0 Å². The molecule has 0 spiro atoms. The average molecular weight is 187 g/mol. The van der Waals surface area contributed by atoms with Crippen LogP contribution in [0.3, 0.4) is 0 Å². The lowest BCUT2D eigenvalue weighted by Crippen LogP contribution is -2.00. The van der Waals surface area contributed by atoms with Crippen LogP contribution in [0.1, 0.15) is 18.7 Å². The van der Waals surface area contributed by atoms with Gasteiger partial charge in [0.05, 0.1) is 5.69 Å². The lowest BCUT2D eigenvalue weighted by atomic mass is 10.2. The van der Waals surface area contributed by atoms with Crippen LogP contribution in [-0.4, -0.2) is 13.4 Å². The standard InChI is InChI=1S/C7H9NO3S/c1-6(11-12(9)10)7-4-2-3-5-8-7/h2-6,12H,1H3. The monoisotopic (exact) mass is 187 g/mol. The third-order valence-corrected chi connectivity index (χ3v) is 1.84. The lowest BCUT2D eigenvalue weighted by molar-refractivity contribution is 0.240. The quantitative estimate of drug-likeness (QED) is 0.707. The lowest BCUT2D eigenvalue weighted by Gasteiger charge is -2.05. The largest absolute Gasteiger partial charge is 0.263 e. The minimum Gasteiger partial charge on any atom is -0.263 e. The zero-order chi connectivity index (χ0) is 8.97. The normalized spacial score (nSPS) is 13.2. The van der Waals surface area contributed by atoms with Gasteiger partial charge in [0.15, 0.2) is 0 Å². The number of thiol groups is 1. The molecule has 0 aliphatic carbocycles. The summed E-state index contributed by atoms with van der Waals surface area (Å²) in [7, 11) is -2.80. The van der Waals surface area contributed by atoms with Crippen molar-refractivity contribution in [3.05, 3.63) is 30.1 Å². The maximum absolute atomic E-state index is 10.2. The van der Waals surface area contributed by atoms with Gasteiger partial charge in [-0.3, -0.25) is 9.17 Å². The Labute approximate surface area is 72.4 Å². The number of pyridine rings is 1. The molecule has 1 heterocycles. The maximum atomic E-state index is 10.2. The molecule has 0 bridgehead atoms. The van der Waals surface area contributed by atoms with E-state index in [4.69, 9.17) is 0 Å². The zero-order valence-electron chi connectivity index (χ0n) is 6.51. The van der Waals surface area contributed by atoms with E-state index >= 15 is 0 Å². The van der Waals surface area contributed by atoms with E-state index in [0.29, 0.717) is 5.69 Å². The summed E-state index contributed by atoms with van der Waals surface area (Å²) in [6.45, 7) is 1.63. The molecule has 0 N–H and O–H groups in total. The van der Waals surface area contributed by atoms with E-state index in [1.54, 1.807) is 31.3 Å². The fourth-order valence-corrected chi connectivity index (χ4v) is 1.17. The summed E-state index contributed by atoms with van der Waals surface area (Å²) in [4.78, 5) is 3.94. The summed E-state index contributed by atoms with van der Waals surface area (Å²) in [5.41, 5.74) is 0.608. The summed E-state index contributed by atoms with van der Waals surface area (Å²) >= 11 is 0. The number of hydrogen-bond acceptors (Lipinski definition) is 4. The summed E-state index contributed by atoms with van der Waals surface area (Å²) in [6, 6.07) is 5.25. The molecule has 0 aliphatic heterocycles. The molecule has 0 saturated carbocycles. The maximum Gasteiger partial charge on any atom is 0.257 e. The van der Waals surface area contributed by atoms with E-state index in [1.165, 1.54) is 0 Å². The van der Waals surface area contributed by atoms with Crippen LogP contribution in [0.25, 0.3) is 0 Å². The van der Waals surface area contributed by atoms with Gasteiger partial charge in [0.25, 0.3) is 11.0 Å². The Hall–Kier alpha value is -0.940. The molecular weight excluding hydrogens is 178 g/mol. The van der Waals surface area contributed by atoms with E-state index in [2.05, 4.69) is 9.17 Å². The van der Waals surface area contributed by atoms with Crippen LogP contribution in [0.15, 0.2) is 24.4 Å². The SMILES string of the molecule is CC(O[SH](=O)=O)c1ccccn1. The molecule has 0 saturated heterocycles. The highest BCUT2D eigenvalue weighted by molar-refractivity contribution is 7.67. The fourth-order valence-electron chi connectivity index (χ4n) is 0.800. The highest BCUT2D eigenvalue weighted by Crippen LogP contribution is 2.12. The van der Waals surface area contributed by atoms with Crippen molar-refractivity contribution >= 4 is 11.0 Å². The highest BCUT2D eigenvalue weighted by Gasteiger charge is 2.06. The summed E-state index contributed by atoms with van der Waals surface area (Å²) < 4.78 is 24.9. The van der Waals surface area contributed by atoms with E-state index in [1.807, 2.05) is 0 Å². The predicted molar refractivity (Wildman–Crippen MR) is 44.1 cm³/mol. The molecule has 1 atom stereocenters. The Balaban J connectivity index is 2.71. The minimum atomic E-state index is -2.80. The van der Waals surface area contributed by atoms with Crippen molar-refractivity contribution in [2.24, 2.45) is 0 Å². The predicted octanol–water partition coefficient (Wildman–Crippen LogP) is 0.686. The molecule has 0 aromatic carbocycles. The number of aromatic nitrogens is 1. The van der Waals surface area contributed by atoms with Gasteiger partial charge in [-0.1, -0.05) is 6.07 Å². The number of nitrogens with zero attached hydrogens (tertiary/aromatic N) is 1. The Morgan fingerprint density at radius 1 is 1.50 bits per heavy atom. The summed E-state index contributed by atoms with van der Waals surface area (Å²) in [5, 5.41) is 0. The molecular formula is C7H9NO3S. The average Bonchev–Trinajstić information content (AvgIpc) is 2.05. The second-order valence-corrected chi connectivity index (χ2v) is 2.88. The van der Waals surface area contributed by atoms with Crippen molar-refractivity contribution in [3.8, 4) is 0 Å². The Morgan fingerprint density at radius 2 is 2.25 bits per heavy atom. The van der Waals surface area contributed by atoms with Gasteiger partial charge in [0.1, 0.15) is 6.10 Å². The second kappa shape index (κ2) is 4.18. The molecule has 0 fully saturated rings. The van der Waals surface area contributed by atoms with Gasteiger partial charge in [-0.2, -0.15) is 0 Å². The van der Waals surface area contributed by atoms with Gasteiger partial charge >= 0.3 is 0 Å². The third-order valence-electron chi connectivity index (χ3n) is 1.35. The molecule has 0 radical (unpaired) electrons. The third kappa shape index (κ3) is 2.60. The van der Waals surface area contributed by atoms with Gasteiger partial charge in [-0.25, -0.2) is 8.42 Å². The topological polar surface area (TPSA) is 56.3 Å². The summed E-state index contributed by atoms with van der Waals surface area (Å²) in [5.74, 6) is 0. The first kappa shape index (κ1) is 9.15. The summed E-state index contributed by atoms with van der Waals surface area (Å²) in [6.07, 6.45) is 1.08.